The topological polar surface area (TPSA) is 27.0 Å². The molecule has 4 heteroatoms. The molecule has 17 heavy (non-hydrogen) atoms. The lowest BCUT2D eigenvalue weighted by atomic mass is 10.0. The quantitative estimate of drug-likeness (QED) is 0.833. The van der Waals surface area contributed by atoms with Crippen molar-refractivity contribution in [2.24, 2.45) is 0 Å². The van der Waals surface area contributed by atoms with Gasteiger partial charge in [0.1, 0.15) is 11.9 Å². The molecule has 0 aliphatic carbocycles. The van der Waals surface area contributed by atoms with Crippen molar-refractivity contribution in [1.82, 2.24) is 4.90 Å². The van der Waals surface area contributed by atoms with Crippen LogP contribution in [-0.2, 0) is 0 Å². The van der Waals surface area contributed by atoms with Crippen LogP contribution in [-0.4, -0.2) is 18.0 Å². The second-order valence-corrected chi connectivity index (χ2v) is 5.21. The summed E-state index contributed by atoms with van der Waals surface area (Å²) in [7, 11) is 0. The number of nitrogens with zero attached hydrogens (tertiary/aromatic N) is 2. The lowest BCUT2D eigenvalue weighted by molar-refractivity contribution is 0.193. The summed E-state index contributed by atoms with van der Waals surface area (Å²) in [4.78, 5) is 2.06. The standard InChI is InChI=1S/C13H14BrFN2/c14-10-4-5-12(15)11(8-10)13(9-16)17-6-2-1-3-7-17/h4-5,8,13H,1-3,6-7H2. The van der Waals surface area contributed by atoms with E-state index in [0.717, 1.165) is 30.4 Å². The first-order valence-electron chi connectivity index (χ1n) is 5.81. The number of piperidine rings is 1. The zero-order valence-corrected chi connectivity index (χ0v) is 11.1. The number of rotatable bonds is 2. The third kappa shape index (κ3) is 2.85. The highest BCUT2D eigenvalue weighted by atomic mass is 79.9. The van der Waals surface area contributed by atoms with Crippen LogP contribution in [0.3, 0.4) is 0 Å². The molecule has 1 unspecified atom stereocenters. The highest BCUT2D eigenvalue weighted by Crippen LogP contribution is 2.28. The Labute approximate surface area is 109 Å². The number of benzene rings is 1. The van der Waals surface area contributed by atoms with Crippen molar-refractivity contribution >= 4 is 15.9 Å². The molecule has 0 bridgehead atoms. The van der Waals surface area contributed by atoms with Gasteiger partial charge in [-0.05, 0) is 44.1 Å². The molecule has 1 aromatic carbocycles. The highest BCUT2D eigenvalue weighted by molar-refractivity contribution is 9.10. The maximum Gasteiger partial charge on any atom is 0.129 e. The van der Waals surface area contributed by atoms with Crippen molar-refractivity contribution in [1.29, 1.82) is 5.26 Å². The van der Waals surface area contributed by atoms with Gasteiger partial charge in [0.05, 0.1) is 6.07 Å². The van der Waals surface area contributed by atoms with Crippen molar-refractivity contribution in [2.75, 3.05) is 13.1 Å². The zero-order chi connectivity index (χ0) is 12.3. The third-order valence-electron chi connectivity index (χ3n) is 3.13. The van der Waals surface area contributed by atoms with Crippen LogP contribution >= 0.6 is 15.9 Å². The molecular formula is C13H14BrFN2. The summed E-state index contributed by atoms with van der Waals surface area (Å²) in [6.07, 6.45) is 3.39. The average molecular weight is 297 g/mol. The largest absolute Gasteiger partial charge is 0.284 e. The summed E-state index contributed by atoms with van der Waals surface area (Å²) in [5.74, 6) is -0.301. The summed E-state index contributed by atoms with van der Waals surface area (Å²) in [5.41, 5.74) is 0.476. The summed E-state index contributed by atoms with van der Waals surface area (Å²) < 4.78 is 14.6. The molecule has 1 fully saturated rings. The molecule has 1 aliphatic rings. The van der Waals surface area contributed by atoms with Gasteiger partial charge in [-0.15, -0.1) is 0 Å². The number of hydrogen-bond donors (Lipinski definition) is 0. The van der Waals surface area contributed by atoms with Crippen molar-refractivity contribution in [3.05, 3.63) is 34.1 Å². The Morgan fingerprint density at radius 2 is 2.00 bits per heavy atom. The lowest BCUT2D eigenvalue weighted by Crippen LogP contribution is -2.33. The molecule has 0 radical (unpaired) electrons. The van der Waals surface area contributed by atoms with E-state index in [9.17, 15) is 9.65 Å². The van der Waals surface area contributed by atoms with Crippen LogP contribution in [0.25, 0.3) is 0 Å². The Kier molecular flexibility index (Phi) is 4.14. The monoisotopic (exact) mass is 296 g/mol. The van der Waals surface area contributed by atoms with E-state index in [4.69, 9.17) is 0 Å². The molecule has 1 aromatic rings. The van der Waals surface area contributed by atoms with Gasteiger partial charge in [-0.2, -0.15) is 5.26 Å². The highest BCUT2D eigenvalue weighted by Gasteiger charge is 2.24. The first kappa shape index (κ1) is 12.5. The molecule has 0 aromatic heterocycles. The molecule has 0 saturated carbocycles. The molecule has 1 heterocycles. The Hall–Kier alpha value is -0.920. The Balaban J connectivity index is 2.28. The minimum atomic E-state index is -0.465. The fraction of sp³-hybridized carbons (Fsp3) is 0.462. The first-order valence-corrected chi connectivity index (χ1v) is 6.60. The number of hydrogen-bond acceptors (Lipinski definition) is 2. The normalized spacial score (nSPS) is 18.6. The number of nitriles is 1. The smallest absolute Gasteiger partial charge is 0.129 e. The van der Waals surface area contributed by atoms with E-state index in [1.54, 1.807) is 12.1 Å². The second-order valence-electron chi connectivity index (χ2n) is 4.29. The summed E-state index contributed by atoms with van der Waals surface area (Å²) >= 11 is 3.32. The van der Waals surface area contributed by atoms with Crippen molar-refractivity contribution < 1.29 is 4.39 Å². The van der Waals surface area contributed by atoms with Gasteiger partial charge in [0, 0.05) is 10.0 Å². The fourth-order valence-corrected chi connectivity index (χ4v) is 2.63. The van der Waals surface area contributed by atoms with Crippen LogP contribution in [0.15, 0.2) is 22.7 Å². The van der Waals surface area contributed by atoms with E-state index < -0.39 is 6.04 Å². The Morgan fingerprint density at radius 3 is 2.65 bits per heavy atom. The van der Waals surface area contributed by atoms with Crippen LogP contribution in [0.5, 0.6) is 0 Å². The van der Waals surface area contributed by atoms with E-state index in [-0.39, 0.29) is 5.82 Å². The van der Waals surface area contributed by atoms with Gasteiger partial charge in [-0.25, -0.2) is 4.39 Å². The van der Waals surface area contributed by atoms with E-state index in [2.05, 4.69) is 26.9 Å². The van der Waals surface area contributed by atoms with E-state index in [1.807, 2.05) is 0 Å². The van der Waals surface area contributed by atoms with Gasteiger partial charge in [-0.3, -0.25) is 4.90 Å². The Morgan fingerprint density at radius 1 is 1.29 bits per heavy atom. The maximum absolute atomic E-state index is 13.8. The van der Waals surface area contributed by atoms with Crippen molar-refractivity contribution in [3.8, 4) is 6.07 Å². The molecule has 0 spiro atoms. The van der Waals surface area contributed by atoms with Crippen LogP contribution < -0.4 is 0 Å². The summed E-state index contributed by atoms with van der Waals surface area (Å²) in [5, 5.41) is 9.27. The zero-order valence-electron chi connectivity index (χ0n) is 9.50. The second kappa shape index (κ2) is 5.61. The van der Waals surface area contributed by atoms with Crippen LogP contribution in [0.4, 0.5) is 4.39 Å². The van der Waals surface area contributed by atoms with E-state index >= 15 is 0 Å². The number of likely N-dealkylation sites (tertiary alicyclic amines) is 1. The van der Waals surface area contributed by atoms with Crippen molar-refractivity contribution in [3.63, 3.8) is 0 Å². The molecular weight excluding hydrogens is 283 g/mol. The van der Waals surface area contributed by atoms with E-state index in [1.165, 1.54) is 12.5 Å². The van der Waals surface area contributed by atoms with Gasteiger partial charge in [0.15, 0.2) is 0 Å². The van der Waals surface area contributed by atoms with Gasteiger partial charge in [-0.1, -0.05) is 22.4 Å². The van der Waals surface area contributed by atoms with Gasteiger partial charge in [0.25, 0.3) is 0 Å². The fourth-order valence-electron chi connectivity index (χ4n) is 2.25. The van der Waals surface area contributed by atoms with Crippen LogP contribution in [0, 0.1) is 17.1 Å². The first-order chi connectivity index (χ1) is 8.22. The predicted octanol–water partition coefficient (Wildman–Crippen LogP) is 3.64. The molecule has 1 aliphatic heterocycles. The van der Waals surface area contributed by atoms with Crippen LogP contribution in [0.2, 0.25) is 0 Å². The average Bonchev–Trinajstić information content (AvgIpc) is 2.36. The molecule has 0 amide bonds. The Bertz CT molecular complexity index is 436. The van der Waals surface area contributed by atoms with Gasteiger partial charge in [0.2, 0.25) is 0 Å². The number of halogens is 2. The lowest BCUT2D eigenvalue weighted by Gasteiger charge is -2.30. The SMILES string of the molecule is N#CC(c1cc(Br)ccc1F)N1CCCCC1. The summed E-state index contributed by atoms with van der Waals surface area (Å²) in [6.45, 7) is 1.76. The molecule has 0 N–H and O–H groups in total. The minimum absolute atomic E-state index is 0.301. The van der Waals surface area contributed by atoms with Crippen LogP contribution in [0.1, 0.15) is 30.9 Å². The molecule has 2 rings (SSSR count). The molecule has 1 saturated heterocycles. The van der Waals surface area contributed by atoms with Gasteiger partial charge < -0.3 is 0 Å². The van der Waals surface area contributed by atoms with Crippen molar-refractivity contribution in [2.45, 2.75) is 25.3 Å². The molecule has 90 valence electrons. The molecule has 2 nitrogen and oxygen atoms in total. The minimum Gasteiger partial charge on any atom is -0.284 e. The molecule has 1 atom stereocenters. The third-order valence-corrected chi connectivity index (χ3v) is 3.62. The maximum atomic E-state index is 13.8. The van der Waals surface area contributed by atoms with Gasteiger partial charge >= 0.3 is 0 Å². The van der Waals surface area contributed by atoms with E-state index in [0.29, 0.717) is 5.56 Å². The summed E-state index contributed by atoms with van der Waals surface area (Å²) in [6, 6.07) is 6.53. The predicted molar refractivity (Wildman–Crippen MR) is 67.9 cm³/mol.